The van der Waals surface area contributed by atoms with Gasteiger partial charge in [-0.25, -0.2) is 9.78 Å². The van der Waals surface area contributed by atoms with Crippen LogP contribution in [0.1, 0.15) is 38.3 Å². The molecule has 2 atom stereocenters. The zero-order valence-corrected chi connectivity index (χ0v) is 25.9. The number of nitriles is 1. The lowest BCUT2D eigenvalue weighted by Gasteiger charge is -2.43. The zero-order valence-electron chi connectivity index (χ0n) is 25.1. The summed E-state index contributed by atoms with van der Waals surface area (Å²) in [6, 6.07) is 35.9. The van der Waals surface area contributed by atoms with Crippen LogP contribution in [-0.4, -0.2) is 43.0 Å². The first-order chi connectivity index (χ1) is 22.4. The number of carbonyl (C=O) groups excluding carboxylic acids is 3. The van der Waals surface area contributed by atoms with Crippen LogP contribution in [0, 0.1) is 17.2 Å². The molecule has 6 rings (SSSR count). The van der Waals surface area contributed by atoms with E-state index in [-0.39, 0.29) is 12.2 Å². The summed E-state index contributed by atoms with van der Waals surface area (Å²) < 4.78 is 10.7. The molecule has 1 saturated heterocycles. The van der Waals surface area contributed by atoms with Crippen molar-refractivity contribution in [2.45, 2.75) is 18.0 Å². The Kier molecular flexibility index (Phi) is 8.47. The van der Waals surface area contributed by atoms with Crippen LogP contribution in [0.15, 0.2) is 115 Å². The average Bonchev–Trinajstić information content (AvgIpc) is 3.73. The van der Waals surface area contributed by atoms with Crippen LogP contribution in [0.2, 0.25) is 0 Å². The topological polar surface area (TPSA) is 110 Å². The highest BCUT2D eigenvalue weighted by atomic mass is 32.1. The van der Waals surface area contributed by atoms with Gasteiger partial charge in [-0.2, -0.15) is 5.26 Å². The van der Waals surface area contributed by atoms with Crippen molar-refractivity contribution in [2.24, 2.45) is 5.92 Å². The summed E-state index contributed by atoms with van der Waals surface area (Å²) in [7, 11) is 2.65. The summed E-state index contributed by atoms with van der Waals surface area (Å²) in [4.78, 5) is 48.9. The van der Waals surface area contributed by atoms with Crippen molar-refractivity contribution >= 4 is 34.2 Å². The van der Waals surface area contributed by atoms with E-state index in [1.807, 2.05) is 95.9 Å². The minimum Gasteiger partial charge on any atom is -0.469 e. The second-order valence-corrected chi connectivity index (χ2v) is 11.8. The van der Waals surface area contributed by atoms with E-state index in [0.717, 1.165) is 22.5 Å². The quantitative estimate of drug-likeness (QED) is 0.144. The Morgan fingerprint density at radius 3 is 1.87 bits per heavy atom. The number of methoxy groups -OCH3 is 2. The van der Waals surface area contributed by atoms with E-state index >= 15 is 0 Å². The molecule has 1 aliphatic rings. The third-order valence-corrected chi connectivity index (χ3v) is 9.45. The Morgan fingerprint density at radius 2 is 1.35 bits per heavy atom. The molecule has 0 unspecified atom stereocenters. The van der Waals surface area contributed by atoms with E-state index < -0.39 is 29.4 Å². The van der Waals surface area contributed by atoms with Gasteiger partial charge in [0, 0.05) is 11.1 Å². The number of hydrogen-bond acceptors (Lipinski definition) is 9. The molecular weight excluding hydrogens is 598 g/mol. The second kappa shape index (κ2) is 12.8. The molecule has 2 heterocycles. The van der Waals surface area contributed by atoms with Gasteiger partial charge in [-0.3, -0.25) is 9.59 Å². The number of anilines is 1. The Balaban J connectivity index is 1.66. The monoisotopic (exact) mass is 627 g/mol. The number of hydrogen-bond donors (Lipinski definition) is 0. The predicted molar refractivity (Wildman–Crippen MR) is 174 cm³/mol. The Labute approximate surface area is 270 Å². The Hall–Kier alpha value is -5.59. The fraction of sp³-hybridized carbons (Fsp3) is 0.162. The fourth-order valence-corrected chi connectivity index (χ4v) is 7.52. The van der Waals surface area contributed by atoms with E-state index in [2.05, 4.69) is 6.07 Å². The maximum absolute atomic E-state index is 14.2. The summed E-state index contributed by atoms with van der Waals surface area (Å²) >= 11 is 1.15. The van der Waals surface area contributed by atoms with Gasteiger partial charge in [0.2, 0.25) is 5.78 Å². The summed E-state index contributed by atoms with van der Waals surface area (Å²) in [6.45, 7) is 0. The smallest absolute Gasteiger partial charge is 0.328 e. The van der Waals surface area contributed by atoms with Crippen LogP contribution in [0.4, 0.5) is 5.13 Å². The van der Waals surface area contributed by atoms with Crippen molar-refractivity contribution < 1.29 is 23.9 Å². The average molecular weight is 628 g/mol. The van der Waals surface area contributed by atoms with Crippen LogP contribution in [0.3, 0.4) is 0 Å². The van der Waals surface area contributed by atoms with Gasteiger partial charge in [-0.05, 0) is 41.8 Å². The fourth-order valence-electron chi connectivity index (χ4n) is 6.36. The Morgan fingerprint density at radius 1 is 0.804 bits per heavy atom. The zero-order chi connectivity index (χ0) is 32.3. The SMILES string of the molecule is COC(=O)[C@H]1C[C@@H](C(=O)OC)C(c2ccccc2)(c2ccccc2)N1c1nc(-c2ccccc2)c(C(=O)c2ccc(C#N)cc2)s1. The number of thiazole rings is 1. The molecule has 8 nitrogen and oxygen atoms in total. The number of nitrogens with zero attached hydrogens (tertiary/aromatic N) is 3. The standard InChI is InChI=1S/C37H29N3O5S/c1-44-34(42)29-22-30(35(43)45-2)40(37(29,27-14-8-4-9-15-27)28-16-10-5-11-17-28)36-39-31(25-12-6-3-7-13-25)33(46-36)32(41)26-20-18-24(23-38)19-21-26/h3-21,29-30H,22H2,1-2H3/t29-,30+/m0/s1. The first-order valence-electron chi connectivity index (χ1n) is 14.6. The van der Waals surface area contributed by atoms with E-state index in [1.165, 1.54) is 14.2 Å². The first kappa shape index (κ1) is 30.4. The number of benzene rings is 4. The van der Waals surface area contributed by atoms with Gasteiger partial charge in [-0.1, -0.05) is 102 Å². The molecule has 5 aromatic rings. The summed E-state index contributed by atoms with van der Waals surface area (Å²) in [5, 5.41) is 9.65. The molecule has 0 spiro atoms. The summed E-state index contributed by atoms with van der Waals surface area (Å²) in [5.74, 6) is -2.15. The molecule has 0 N–H and O–H groups in total. The molecule has 228 valence electrons. The van der Waals surface area contributed by atoms with Crippen molar-refractivity contribution in [3.63, 3.8) is 0 Å². The van der Waals surface area contributed by atoms with Crippen molar-refractivity contribution in [1.29, 1.82) is 5.26 Å². The van der Waals surface area contributed by atoms with Crippen LogP contribution in [-0.2, 0) is 24.6 Å². The number of rotatable bonds is 8. The van der Waals surface area contributed by atoms with Crippen LogP contribution >= 0.6 is 11.3 Å². The lowest BCUT2D eigenvalue weighted by Crippen LogP contribution is -2.52. The predicted octanol–water partition coefficient (Wildman–Crippen LogP) is 6.40. The molecular formula is C37H29N3O5S. The lowest BCUT2D eigenvalue weighted by atomic mass is 9.73. The van der Waals surface area contributed by atoms with Crippen molar-refractivity contribution in [1.82, 2.24) is 4.98 Å². The molecule has 0 saturated carbocycles. The third kappa shape index (κ3) is 5.13. The minimum atomic E-state index is -1.25. The van der Waals surface area contributed by atoms with Crippen molar-refractivity contribution in [3.05, 3.63) is 142 Å². The maximum Gasteiger partial charge on any atom is 0.328 e. The number of aromatic nitrogens is 1. The van der Waals surface area contributed by atoms with Crippen LogP contribution < -0.4 is 4.90 Å². The van der Waals surface area contributed by atoms with Crippen LogP contribution in [0.25, 0.3) is 11.3 Å². The van der Waals surface area contributed by atoms with E-state index in [1.54, 1.807) is 24.3 Å². The molecule has 1 aliphatic heterocycles. The van der Waals surface area contributed by atoms with Crippen molar-refractivity contribution in [2.75, 3.05) is 19.1 Å². The van der Waals surface area contributed by atoms with E-state index in [4.69, 9.17) is 14.5 Å². The highest BCUT2D eigenvalue weighted by Gasteiger charge is 2.62. The summed E-state index contributed by atoms with van der Waals surface area (Å²) in [5.41, 5.74) is 2.23. The maximum atomic E-state index is 14.2. The molecule has 0 radical (unpaired) electrons. The van der Waals surface area contributed by atoms with E-state index in [9.17, 15) is 19.6 Å². The molecule has 0 aliphatic carbocycles. The number of esters is 2. The molecule has 9 heteroatoms. The molecule has 0 bridgehead atoms. The molecule has 4 aromatic carbocycles. The molecule has 1 fully saturated rings. The van der Waals surface area contributed by atoms with Crippen LogP contribution in [0.5, 0.6) is 0 Å². The number of carbonyl (C=O) groups is 3. The number of ether oxygens (including phenoxy) is 2. The molecule has 0 amide bonds. The molecule has 1 aromatic heterocycles. The van der Waals surface area contributed by atoms with Crippen molar-refractivity contribution in [3.8, 4) is 17.3 Å². The Bertz CT molecular complexity index is 1880. The largest absolute Gasteiger partial charge is 0.469 e. The van der Waals surface area contributed by atoms with Gasteiger partial charge in [0.15, 0.2) is 5.13 Å². The van der Waals surface area contributed by atoms with Gasteiger partial charge in [0.25, 0.3) is 0 Å². The van der Waals surface area contributed by atoms with Gasteiger partial charge >= 0.3 is 11.9 Å². The van der Waals surface area contributed by atoms with Gasteiger partial charge < -0.3 is 14.4 Å². The minimum absolute atomic E-state index is 0.0856. The normalized spacial score (nSPS) is 16.8. The number of ketones is 1. The van der Waals surface area contributed by atoms with Gasteiger partial charge in [0.05, 0.1) is 37.5 Å². The van der Waals surface area contributed by atoms with Gasteiger partial charge in [-0.15, -0.1) is 0 Å². The lowest BCUT2D eigenvalue weighted by molar-refractivity contribution is -0.147. The second-order valence-electron chi connectivity index (χ2n) is 10.8. The highest BCUT2D eigenvalue weighted by molar-refractivity contribution is 7.18. The summed E-state index contributed by atoms with van der Waals surface area (Å²) in [6.07, 6.45) is 0.0856. The van der Waals surface area contributed by atoms with E-state index in [0.29, 0.717) is 32.4 Å². The molecule has 46 heavy (non-hydrogen) atoms. The van der Waals surface area contributed by atoms with Gasteiger partial charge in [0.1, 0.15) is 16.5 Å². The third-order valence-electron chi connectivity index (χ3n) is 8.39. The first-order valence-corrected chi connectivity index (χ1v) is 15.4. The highest BCUT2D eigenvalue weighted by Crippen LogP contribution is 2.55.